The van der Waals surface area contributed by atoms with Crippen molar-refractivity contribution in [2.45, 2.75) is 12.3 Å². The summed E-state index contributed by atoms with van der Waals surface area (Å²) in [4.78, 5) is 13.3. The number of nitrogens with zero attached hydrogens (tertiary/aromatic N) is 2. The maximum Gasteiger partial charge on any atom is 0.280 e. The normalized spacial score (nSPS) is 10.7. The number of alkyl halides is 3. The molecule has 0 bridgehead atoms. The average molecular weight is 301 g/mol. The van der Waals surface area contributed by atoms with E-state index in [4.69, 9.17) is 11.6 Å². The maximum atomic E-state index is 12.3. The fraction of sp³-hybridized carbons (Fsp3) is 0.286. The van der Waals surface area contributed by atoms with Gasteiger partial charge < -0.3 is 0 Å². The molecule has 4 nitrogen and oxygen atoms in total. The summed E-state index contributed by atoms with van der Waals surface area (Å²) >= 11 is 8.31. The molecule has 0 atom stereocenters. The second-order valence-corrected chi connectivity index (χ2v) is 3.55. The van der Waals surface area contributed by atoms with Crippen molar-refractivity contribution >= 4 is 33.2 Å². The number of pyridine rings is 1. The molecule has 0 aliphatic carbocycles. The highest BCUT2D eigenvalue weighted by molar-refractivity contribution is 9.10. The van der Waals surface area contributed by atoms with Gasteiger partial charge in [-0.2, -0.15) is 0 Å². The Labute approximate surface area is 96.5 Å². The molecular weight excluding hydrogens is 297 g/mol. The van der Waals surface area contributed by atoms with Crippen molar-refractivity contribution in [3.63, 3.8) is 0 Å². The number of hydrogen-bond acceptors (Lipinski definition) is 3. The molecule has 1 rings (SSSR count). The minimum Gasteiger partial charge on any atom is -0.258 e. The Morgan fingerprint density at radius 3 is 2.67 bits per heavy atom. The topological polar surface area (TPSA) is 56.0 Å². The minimum atomic E-state index is -2.86. The first kappa shape index (κ1) is 12.3. The van der Waals surface area contributed by atoms with E-state index >= 15 is 0 Å². The number of halogens is 4. The number of nitro groups is 1. The van der Waals surface area contributed by atoms with Crippen LogP contribution in [0.15, 0.2) is 10.7 Å². The van der Waals surface area contributed by atoms with Crippen LogP contribution in [0.5, 0.6) is 0 Å². The van der Waals surface area contributed by atoms with Crippen molar-refractivity contribution < 1.29 is 13.7 Å². The van der Waals surface area contributed by atoms with E-state index in [-0.39, 0.29) is 16.0 Å². The van der Waals surface area contributed by atoms with Gasteiger partial charge in [0.2, 0.25) is 0 Å². The highest BCUT2D eigenvalue weighted by Gasteiger charge is 2.22. The molecule has 15 heavy (non-hydrogen) atoms. The molecule has 1 aromatic heterocycles. The summed E-state index contributed by atoms with van der Waals surface area (Å²) in [5.41, 5.74) is -1.02. The third kappa shape index (κ3) is 2.60. The van der Waals surface area contributed by atoms with Gasteiger partial charge in [0.25, 0.3) is 12.1 Å². The van der Waals surface area contributed by atoms with Gasteiger partial charge in [0.1, 0.15) is 10.3 Å². The molecule has 0 radical (unpaired) electrons. The molecule has 0 saturated heterocycles. The third-order valence-corrected chi connectivity index (χ3v) is 2.55. The summed E-state index contributed by atoms with van der Waals surface area (Å²) in [5.74, 6) is -0.173. The van der Waals surface area contributed by atoms with E-state index in [1.807, 2.05) is 0 Å². The molecule has 0 unspecified atom stereocenters. The first-order valence-corrected chi connectivity index (χ1v) is 4.98. The quantitative estimate of drug-likeness (QED) is 0.372. The number of hydrogen-bond donors (Lipinski definition) is 0. The van der Waals surface area contributed by atoms with Gasteiger partial charge in [0.15, 0.2) is 0 Å². The van der Waals surface area contributed by atoms with Gasteiger partial charge in [-0.05, 0) is 15.9 Å². The van der Waals surface area contributed by atoms with Crippen molar-refractivity contribution in [3.8, 4) is 0 Å². The van der Waals surface area contributed by atoms with Gasteiger partial charge in [-0.3, -0.25) is 10.1 Å². The van der Waals surface area contributed by atoms with Gasteiger partial charge in [-0.15, -0.1) is 11.6 Å². The van der Waals surface area contributed by atoms with Crippen LogP contribution in [0.3, 0.4) is 0 Å². The van der Waals surface area contributed by atoms with Crippen molar-refractivity contribution in [2.24, 2.45) is 0 Å². The molecule has 0 aliphatic heterocycles. The van der Waals surface area contributed by atoms with Crippen LogP contribution >= 0.6 is 27.5 Å². The Morgan fingerprint density at radius 2 is 2.27 bits per heavy atom. The molecule has 0 N–H and O–H groups in total. The Balaban J connectivity index is 3.38. The van der Waals surface area contributed by atoms with Crippen LogP contribution < -0.4 is 0 Å². The zero-order chi connectivity index (χ0) is 11.6. The van der Waals surface area contributed by atoms with Gasteiger partial charge >= 0.3 is 0 Å². The first-order chi connectivity index (χ1) is 6.97. The number of rotatable bonds is 3. The molecule has 1 heterocycles. The molecule has 0 amide bonds. The lowest BCUT2D eigenvalue weighted by Gasteiger charge is -2.04. The minimum absolute atomic E-state index is 0.0259. The predicted octanol–water partition coefficient (Wildman–Crippen LogP) is 3.43. The molecule has 1 aromatic rings. The van der Waals surface area contributed by atoms with E-state index in [2.05, 4.69) is 20.9 Å². The fourth-order valence-corrected chi connectivity index (χ4v) is 1.92. The van der Waals surface area contributed by atoms with Gasteiger partial charge in [0.05, 0.1) is 16.4 Å². The zero-order valence-electron chi connectivity index (χ0n) is 7.08. The Hall–Kier alpha value is -0.820. The zero-order valence-corrected chi connectivity index (χ0v) is 9.43. The lowest BCUT2D eigenvalue weighted by Crippen LogP contribution is -2.00. The third-order valence-electron chi connectivity index (χ3n) is 1.62. The van der Waals surface area contributed by atoms with E-state index in [0.717, 1.165) is 6.07 Å². The number of aromatic nitrogens is 1. The Kier molecular flexibility index (Phi) is 3.92. The monoisotopic (exact) mass is 300 g/mol. The highest BCUT2D eigenvalue weighted by atomic mass is 79.9. The van der Waals surface area contributed by atoms with E-state index in [1.165, 1.54) is 0 Å². The molecule has 8 heteroatoms. The highest BCUT2D eigenvalue weighted by Crippen LogP contribution is 2.30. The van der Waals surface area contributed by atoms with Gasteiger partial charge in [0, 0.05) is 6.07 Å². The molecule has 0 fully saturated rings. The fourth-order valence-electron chi connectivity index (χ4n) is 0.944. The van der Waals surface area contributed by atoms with E-state index in [1.54, 1.807) is 0 Å². The molecule has 0 spiro atoms. The van der Waals surface area contributed by atoms with Crippen molar-refractivity contribution in [1.29, 1.82) is 0 Å². The van der Waals surface area contributed by atoms with Crippen LogP contribution in [0.4, 0.5) is 14.5 Å². The second kappa shape index (κ2) is 4.80. The summed E-state index contributed by atoms with van der Waals surface area (Å²) in [6.45, 7) is 0. The summed E-state index contributed by atoms with van der Waals surface area (Å²) in [5, 5.41) is 10.6. The van der Waals surface area contributed by atoms with E-state index in [9.17, 15) is 18.9 Å². The van der Waals surface area contributed by atoms with Crippen LogP contribution in [0, 0.1) is 10.1 Å². The lowest BCUT2D eigenvalue weighted by molar-refractivity contribution is -0.385. The van der Waals surface area contributed by atoms with Crippen LogP contribution in [-0.4, -0.2) is 9.91 Å². The molecule has 0 saturated carbocycles. The summed E-state index contributed by atoms with van der Waals surface area (Å²) in [6.07, 6.45) is -2.86. The summed E-state index contributed by atoms with van der Waals surface area (Å²) in [7, 11) is 0. The Bertz CT molecular complexity index is 403. The van der Waals surface area contributed by atoms with Crippen LogP contribution in [0.25, 0.3) is 0 Å². The van der Waals surface area contributed by atoms with Crippen molar-refractivity contribution in [3.05, 3.63) is 32.0 Å². The van der Waals surface area contributed by atoms with Crippen molar-refractivity contribution in [2.75, 3.05) is 0 Å². The largest absolute Gasteiger partial charge is 0.280 e. The average Bonchev–Trinajstić information content (AvgIpc) is 2.16. The second-order valence-electron chi connectivity index (χ2n) is 2.53. The predicted molar refractivity (Wildman–Crippen MR) is 53.1 cm³/mol. The van der Waals surface area contributed by atoms with Gasteiger partial charge in [-0.1, -0.05) is 0 Å². The van der Waals surface area contributed by atoms with E-state index in [0.29, 0.717) is 0 Å². The Morgan fingerprint density at radius 1 is 1.67 bits per heavy atom. The first-order valence-electron chi connectivity index (χ1n) is 3.65. The molecular formula is C7H4BrClF2N2O2. The van der Waals surface area contributed by atoms with Crippen molar-refractivity contribution in [1.82, 2.24) is 4.98 Å². The molecule has 0 aliphatic rings. The van der Waals surface area contributed by atoms with Crippen LogP contribution in [0.2, 0.25) is 0 Å². The smallest absolute Gasteiger partial charge is 0.258 e. The molecule has 82 valence electrons. The lowest BCUT2D eigenvalue weighted by atomic mass is 10.2. The SMILES string of the molecule is O=[N+]([O-])c1cc(C(F)F)nc(Br)c1CCl. The summed E-state index contributed by atoms with van der Waals surface area (Å²) in [6, 6.07) is 0.729. The molecule has 0 aromatic carbocycles. The maximum absolute atomic E-state index is 12.3. The van der Waals surface area contributed by atoms with Gasteiger partial charge in [-0.25, -0.2) is 13.8 Å². The van der Waals surface area contributed by atoms with Crippen LogP contribution in [0.1, 0.15) is 17.7 Å². The van der Waals surface area contributed by atoms with Crippen LogP contribution in [-0.2, 0) is 5.88 Å². The standard InChI is InChI=1S/C7H4BrClF2N2O2/c8-6-3(2-9)5(13(14)15)1-4(12-6)7(10)11/h1,7H,2H2. The summed E-state index contributed by atoms with van der Waals surface area (Å²) < 4.78 is 24.5. The van der Waals surface area contributed by atoms with E-state index < -0.39 is 22.7 Å².